The predicted octanol–water partition coefficient (Wildman–Crippen LogP) is 6.56. The SMILES string of the molecule is COc1cccc(-c2cc(=O)c3ccc(OC)cc3o2)c1.Cl.Nc1ccc(N=Nc2ccccc2)c(N)n1. The first-order valence-corrected chi connectivity index (χ1v) is 11.2. The number of azo groups is 1. The lowest BCUT2D eigenvalue weighted by Gasteiger charge is -2.06. The molecule has 0 aliphatic carbocycles. The van der Waals surface area contributed by atoms with Crippen LogP contribution in [0.3, 0.4) is 0 Å². The van der Waals surface area contributed by atoms with Gasteiger partial charge in [0.15, 0.2) is 11.2 Å². The first-order chi connectivity index (χ1) is 18.0. The Labute approximate surface area is 225 Å². The van der Waals surface area contributed by atoms with Crippen molar-refractivity contribution < 1.29 is 13.9 Å². The molecule has 9 nitrogen and oxygen atoms in total. The summed E-state index contributed by atoms with van der Waals surface area (Å²) < 4.78 is 16.2. The van der Waals surface area contributed by atoms with Crippen LogP contribution in [0, 0.1) is 0 Å². The number of methoxy groups -OCH3 is 2. The molecule has 0 fully saturated rings. The highest BCUT2D eigenvalue weighted by molar-refractivity contribution is 5.85. The molecule has 4 N–H and O–H groups in total. The minimum atomic E-state index is -0.0864. The second-order valence-corrected chi connectivity index (χ2v) is 7.74. The Morgan fingerprint density at radius 2 is 1.53 bits per heavy atom. The van der Waals surface area contributed by atoms with E-state index in [1.54, 1.807) is 44.6 Å². The fourth-order valence-corrected chi connectivity index (χ4v) is 3.36. The molecule has 38 heavy (non-hydrogen) atoms. The molecule has 0 saturated heterocycles. The molecule has 0 radical (unpaired) electrons. The Balaban J connectivity index is 0.000000213. The highest BCUT2D eigenvalue weighted by Gasteiger charge is 2.09. The normalized spacial score (nSPS) is 10.4. The number of halogens is 1. The summed E-state index contributed by atoms with van der Waals surface area (Å²) in [5.41, 5.74) is 13.6. The van der Waals surface area contributed by atoms with Gasteiger partial charge in [0.05, 0.1) is 25.3 Å². The van der Waals surface area contributed by atoms with Crippen LogP contribution in [0.1, 0.15) is 0 Å². The number of nitrogens with zero attached hydrogens (tertiary/aromatic N) is 3. The molecule has 0 aliphatic heterocycles. The molecule has 194 valence electrons. The maximum absolute atomic E-state index is 12.2. The van der Waals surface area contributed by atoms with Gasteiger partial charge < -0.3 is 25.4 Å². The van der Waals surface area contributed by atoms with Crippen molar-refractivity contribution in [3.05, 3.63) is 101 Å². The topological polar surface area (TPSA) is 138 Å². The van der Waals surface area contributed by atoms with Gasteiger partial charge in [-0.1, -0.05) is 30.3 Å². The molecule has 5 rings (SSSR count). The molecule has 2 heterocycles. The maximum Gasteiger partial charge on any atom is 0.193 e. The molecule has 0 bridgehead atoms. The van der Waals surface area contributed by atoms with Gasteiger partial charge in [0.2, 0.25) is 0 Å². The summed E-state index contributed by atoms with van der Waals surface area (Å²) in [5.74, 6) is 2.50. The molecular weight excluding hydrogens is 506 g/mol. The molecule has 5 aromatic rings. The molecule has 0 spiro atoms. The van der Waals surface area contributed by atoms with Crippen LogP contribution in [-0.2, 0) is 0 Å². The smallest absolute Gasteiger partial charge is 0.193 e. The van der Waals surface area contributed by atoms with Crippen molar-refractivity contribution in [3.63, 3.8) is 0 Å². The van der Waals surface area contributed by atoms with Crippen molar-refractivity contribution in [1.29, 1.82) is 0 Å². The number of rotatable bonds is 5. The van der Waals surface area contributed by atoms with E-state index >= 15 is 0 Å². The number of benzene rings is 3. The first kappa shape index (κ1) is 27.7. The summed E-state index contributed by atoms with van der Waals surface area (Å²) in [6.45, 7) is 0. The van der Waals surface area contributed by atoms with E-state index in [4.69, 9.17) is 25.4 Å². The van der Waals surface area contributed by atoms with Gasteiger partial charge in [-0.15, -0.1) is 17.5 Å². The summed E-state index contributed by atoms with van der Waals surface area (Å²) in [6.07, 6.45) is 0. The zero-order valence-electron chi connectivity index (χ0n) is 20.7. The molecule has 0 amide bonds. The van der Waals surface area contributed by atoms with Crippen molar-refractivity contribution in [2.24, 2.45) is 10.2 Å². The number of pyridine rings is 1. The number of aromatic nitrogens is 1. The lowest BCUT2D eigenvalue weighted by Crippen LogP contribution is -2.00. The van der Waals surface area contributed by atoms with Gasteiger partial charge in [0.25, 0.3) is 0 Å². The van der Waals surface area contributed by atoms with Crippen LogP contribution in [-0.4, -0.2) is 19.2 Å². The highest BCUT2D eigenvalue weighted by Crippen LogP contribution is 2.27. The number of hydrogen-bond donors (Lipinski definition) is 2. The average Bonchev–Trinajstić information content (AvgIpc) is 2.93. The van der Waals surface area contributed by atoms with E-state index in [0.29, 0.717) is 39.7 Å². The Morgan fingerprint density at radius 1 is 0.789 bits per heavy atom. The van der Waals surface area contributed by atoms with E-state index in [9.17, 15) is 4.79 Å². The second kappa shape index (κ2) is 12.9. The van der Waals surface area contributed by atoms with Crippen molar-refractivity contribution >= 4 is 46.4 Å². The van der Waals surface area contributed by atoms with E-state index in [2.05, 4.69) is 15.2 Å². The van der Waals surface area contributed by atoms with Gasteiger partial charge >= 0.3 is 0 Å². The quantitative estimate of drug-likeness (QED) is 0.245. The molecule has 0 aliphatic rings. The Morgan fingerprint density at radius 3 is 2.24 bits per heavy atom. The lowest BCUT2D eigenvalue weighted by molar-refractivity contribution is 0.414. The zero-order valence-corrected chi connectivity index (χ0v) is 21.5. The molecule has 3 aromatic carbocycles. The van der Waals surface area contributed by atoms with Crippen LogP contribution in [0.4, 0.5) is 23.0 Å². The number of hydrogen-bond acceptors (Lipinski definition) is 9. The summed E-state index contributed by atoms with van der Waals surface area (Å²) in [4.78, 5) is 16.1. The van der Waals surface area contributed by atoms with E-state index in [1.165, 1.54) is 6.07 Å². The molecule has 0 unspecified atom stereocenters. The van der Waals surface area contributed by atoms with Gasteiger partial charge in [-0.2, -0.15) is 5.11 Å². The van der Waals surface area contributed by atoms with Crippen LogP contribution in [0.5, 0.6) is 11.5 Å². The van der Waals surface area contributed by atoms with Crippen LogP contribution >= 0.6 is 12.4 Å². The van der Waals surface area contributed by atoms with Crippen LogP contribution in [0.15, 0.2) is 110 Å². The molecule has 10 heteroatoms. The van der Waals surface area contributed by atoms with Gasteiger partial charge in [0.1, 0.15) is 34.3 Å². The van der Waals surface area contributed by atoms with E-state index in [1.807, 2.05) is 54.6 Å². The van der Waals surface area contributed by atoms with Gasteiger partial charge in [0, 0.05) is 17.7 Å². The van der Waals surface area contributed by atoms with Crippen molar-refractivity contribution in [2.75, 3.05) is 25.7 Å². The third kappa shape index (κ3) is 6.86. The maximum atomic E-state index is 12.2. The minimum absolute atomic E-state index is 0. The third-order valence-electron chi connectivity index (χ3n) is 5.24. The van der Waals surface area contributed by atoms with Gasteiger partial charge in [-0.05, 0) is 48.5 Å². The van der Waals surface area contributed by atoms with Crippen LogP contribution in [0.25, 0.3) is 22.3 Å². The number of nitrogen functional groups attached to an aromatic ring is 2. The average molecular weight is 532 g/mol. The van der Waals surface area contributed by atoms with Crippen LogP contribution < -0.4 is 26.4 Å². The fraction of sp³-hybridized carbons (Fsp3) is 0.0714. The van der Waals surface area contributed by atoms with Crippen LogP contribution in [0.2, 0.25) is 0 Å². The van der Waals surface area contributed by atoms with Crippen molar-refractivity contribution in [1.82, 2.24) is 4.98 Å². The Kier molecular flexibility index (Phi) is 9.39. The monoisotopic (exact) mass is 531 g/mol. The third-order valence-corrected chi connectivity index (χ3v) is 5.24. The highest BCUT2D eigenvalue weighted by atomic mass is 35.5. The largest absolute Gasteiger partial charge is 0.497 e. The lowest BCUT2D eigenvalue weighted by atomic mass is 10.1. The Bertz CT molecular complexity index is 1610. The van der Waals surface area contributed by atoms with Crippen molar-refractivity contribution in [3.8, 4) is 22.8 Å². The summed E-state index contributed by atoms with van der Waals surface area (Å²) >= 11 is 0. The predicted molar refractivity (Wildman–Crippen MR) is 152 cm³/mol. The molecular formula is C28H26ClN5O4. The molecule has 0 atom stereocenters. The number of fused-ring (bicyclic) bond motifs is 1. The van der Waals surface area contributed by atoms with Crippen molar-refractivity contribution in [2.45, 2.75) is 0 Å². The number of nitrogens with two attached hydrogens (primary N) is 2. The number of ether oxygens (including phenoxy) is 2. The van der Waals surface area contributed by atoms with E-state index in [-0.39, 0.29) is 23.7 Å². The molecule has 2 aromatic heterocycles. The first-order valence-electron chi connectivity index (χ1n) is 11.2. The van der Waals surface area contributed by atoms with Gasteiger partial charge in [-0.25, -0.2) is 4.98 Å². The zero-order chi connectivity index (χ0) is 26.2. The summed E-state index contributed by atoms with van der Waals surface area (Å²) in [6, 6.07) is 26.7. The number of anilines is 2. The van der Waals surface area contributed by atoms with E-state index in [0.717, 1.165) is 11.3 Å². The second-order valence-electron chi connectivity index (χ2n) is 7.74. The summed E-state index contributed by atoms with van der Waals surface area (Å²) in [5, 5.41) is 8.56. The Hall–Kier alpha value is -4.89. The standard InChI is InChI=1S/C17H14O4.C11H11N5.ClH/c1-19-12-5-3-4-11(8-12)16-10-15(18)14-7-6-13(20-2)9-17(14)21-16;12-10-7-6-9(11(13)14-10)16-15-8-4-2-1-3-5-8;/h3-10H,1-2H3;1-7H,(H4,12,13,14);1H. The summed E-state index contributed by atoms with van der Waals surface area (Å²) in [7, 11) is 3.17. The minimum Gasteiger partial charge on any atom is -0.497 e. The fourth-order valence-electron chi connectivity index (χ4n) is 3.36. The van der Waals surface area contributed by atoms with E-state index < -0.39 is 0 Å². The molecule has 0 saturated carbocycles. The van der Waals surface area contributed by atoms with Gasteiger partial charge in [-0.3, -0.25) is 4.79 Å².